The molecule has 1 aliphatic carbocycles. The largest absolute Gasteiger partial charge is 0.312 e. The molecule has 1 N–H and O–H groups in total. The van der Waals surface area contributed by atoms with E-state index in [2.05, 4.69) is 37.8 Å². The van der Waals surface area contributed by atoms with E-state index in [1.807, 2.05) is 0 Å². The van der Waals surface area contributed by atoms with E-state index in [-0.39, 0.29) is 0 Å². The van der Waals surface area contributed by atoms with Crippen molar-refractivity contribution in [2.45, 2.75) is 56.6 Å². The number of hydrogen-bond donors (Lipinski definition) is 1. The Hall–Kier alpha value is 0.310. The molecule has 0 aromatic rings. The zero-order valence-electron chi connectivity index (χ0n) is 8.97. The van der Waals surface area contributed by atoms with Gasteiger partial charge in [-0.25, -0.2) is 0 Å². The van der Waals surface area contributed by atoms with E-state index in [1.54, 1.807) is 0 Å². The molecule has 0 aromatic heterocycles. The molecule has 76 valence electrons. The minimum Gasteiger partial charge on any atom is -0.312 e. The fourth-order valence-electron chi connectivity index (χ4n) is 2.70. The lowest BCUT2D eigenvalue weighted by Gasteiger charge is -2.29. The molecule has 0 aromatic carbocycles. The molecule has 3 unspecified atom stereocenters. The first-order chi connectivity index (χ1) is 6.09. The van der Waals surface area contributed by atoms with Crippen LogP contribution in [0.25, 0.3) is 0 Å². The quantitative estimate of drug-likeness (QED) is 0.644. The third-order valence-electron chi connectivity index (χ3n) is 3.61. The molecule has 1 saturated heterocycles. The summed E-state index contributed by atoms with van der Waals surface area (Å²) in [5.74, 6) is 0. The summed E-state index contributed by atoms with van der Waals surface area (Å²) in [4.78, 5) is 0. The van der Waals surface area contributed by atoms with E-state index in [0.29, 0.717) is 5.41 Å². The molecule has 0 radical (unpaired) electrons. The topological polar surface area (TPSA) is 12.0 Å². The van der Waals surface area contributed by atoms with Crippen LogP contribution in [0.3, 0.4) is 0 Å². The summed E-state index contributed by atoms with van der Waals surface area (Å²) in [6, 6.07) is 0.766. The molecular formula is C11H21NS. The standard InChI is InChI=1S/C11H21NS/c1-8-5-7-12-10-9(13-8)4-6-11(10,2)3/h8-10,12H,4-7H2,1-3H3. The van der Waals surface area contributed by atoms with Gasteiger partial charge in [-0.15, -0.1) is 0 Å². The average molecular weight is 199 g/mol. The van der Waals surface area contributed by atoms with Gasteiger partial charge in [-0.05, 0) is 31.2 Å². The maximum atomic E-state index is 3.74. The molecule has 3 atom stereocenters. The molecule has 1 aliphatic heterocycles. The average Bonchev–Trinajstić information content (AvgIpc) is 2.26. The van der Waals surface area contributed by atoms with Crippen LogP contribution in [0.15, 0.2) is 0 Å². The van der Waals surface area contributed by atoms with Crippen molar-refractivity contribution in [2.75, 3.05) is 6.54 Å². The maximum absolute atomic E-state index is 3.74. The fraction of sp³-hybridized carbons (Fsp3) is 1.00. The Balaban J connectivity index is 2.09. The summed E-state index contributed by atoms with van der Waals surface area (Å²) < 4.78 is 0. The minimum absolute atomic E-state index is 0.529. The van der Waals surface area contributed by atoms with Gasteiger partial charge in [0, 0.05) is 16.5 Å². The fourth-order valence-corrected chi connectivity index (χ4v) is 4.43. The maximum Gasteiger partial charge on any atom is 0.0237 e. The van der Waals surface area contributed by atoms with Gasteiger partial charge in [-0.3, -0.25) is 0 Å². The minimum atomic E-state index is 0.529. The number of hydrogen-bond acceptors (Lipinski definition) is 2. The van der Waals surface area contributed by atoms with Crippen molar-refractivity contribution in [2.24, 2.45) is 5.41 Å². The smallest absolute Gasteiger partial charge is 0.0237 e. The summed E-state index contributed by atoms with van der Waals surface area (Å²) in [6.45, 7) is 8.43. The SMILES string of the molecule is CC1CCNC2C(CCC2(C)C)S1. The highest BCUT2D eigenvalue weighted by Crippen LogP contribution is 2.45. The second kappa shape index (κ2) is 3.47. The third kappa shape index (κ3) is 1.89. The van der Waals surface area contributed by atoms with E-state index in [9.17, 15) is 0 Å². The van der Waals surface area contributed by atoms with Crippen molar-refractivity contribution in [1.29, 1.82) is 0 Å². The molecule has 1 nitrogen and oxygen atoms in total. The third-order valence-corrected chi connectivity index (χ3v) is 5.17. The van der Waals surface area contributed by atoms with Crippen molar-refractivity contribution < 1.29 is 0 Å². The highest BCUT2D eigenvalue weighted by Gasteiger charge is 2.43. The second-order valence-corrected chi connectivity index (χ2v) is 6.92. The Bertz CT molecular complexity index is 191. The molecule has 13 heavy (non-hydrogen) atoms. The van der Waals surface area contributed by atoms with Gasteiger partial charge in [0.1, 0.15) is 0 Å². The summed E-state index contributed by atoms with van der Waals surface area (Å²) in [5, 5.41) is 5.48. The van der Waals surface area contributed by atoms with E-state index in [0.717, 1.165) is 16.5 Å². The predicted molar refractivity (Wildman–Crippen MR) is 60.3 cm³/mol. The lowest BCUT2D eigenvalue weighted by atomic mass is 9.87. The van der Waals surface area contributed by atoms with Crippen LogP contribution in [0.5, 0.6) is 0 Å². The predicted octanol–water partition coefficient (Wildman–Crippen LogP) is 2.66. The van der Waals surface area contributed by atoms with Crippen molar-refractivity contribution in [3.8, 4) is 0 Å². The van der Waals surface area contributed by atoms with Crippen molar-refractivity contribution in [3.05, 3.63) is 0 Å². The lowest BCUT2D eigenvalue weighted by Crippen LogP contribution is -2.42. The second-order valence-electron chi connectivity index (χ2n) is 5.23. The lowest BCUT2D eigenvalue weighted by molar-refractivity contribution is 0.289. The van der Waals surface area contributed by atoms with Crippen molar-refractivity contribution in [1.82, 2.24) is 5.32 Å². The van der Waals surface area contributed by atoms with Crippen LogP contribution in [0.4, 0.5) is 0 Å². The summed E-state index contributed by atoms with van der Waals surface area (Å²) in [5.41, 5.74) is 0.529. The Labute approximate surface area is 86.0 Å². The highest BCUT2D eigenvalue weighted by atomic mass is 32.2. The molecular weight excluding hydrogens is 178 g/mol. The molecule has 2 aliphatic rings. The van der Waals surface area contributed by atoms with Crippen LogP contribution in [-0.4, -0.2) is 23.1 Å². The molecule has 0 bridgehead atoms. The van der Waals surface area contributed by atoms with Gasteiger partial charge >= 0.3 is 0 Å². The van der Waals surface area contributed by atoms with Crippen molar-refractivity contribution >= 4 is 11.8 Å². The Morgan fingerprint density at radius 1 is 1.31 bits per heavy atom. The molecule has 2 heteroatoms. The summed E-state index contributed by atoms with van der Waals surface area (Å²) in [7, 11) is 0. The monoisotopic (exact) mass is 199 g/mol. The first-order valence-electron chi connectivity index (χ1n) is 5.48. The number of fused-ring (bicyclic) bond motifs is 1. The van der Waals surface area contributed by atoms with E-state index in [1.165, 1.54) is 25.8 Å². The normalized spacial score (nSPS) is 44.1. The van der Waals surface area contributed by atoms with Gasteiger partial charge in [0.15, 0.2) is 0 Å². The molecule has 0 amide bonds. The zero-order chi connectivity index (χ0) is 9.47. The first-order valence-corrected chi connectivity index (χ1v) is 6.43. The zero-order valence-corrected chi connectivity index (χ0v) is 9.79. The van der Waals surface area contributed by atoms with Gasteiger partial charge < -0.3 is 5.32 Å². The highest BCUT2D eigenvalue weighted by molar-refractivity contribution is 8.00. The van der Waals surface area contributed by atoms with E-state index < -0.39 is 0 Å². The van der Waals surface area contributed by atoms with Gasteiger partial charge in [0.05, 0.1) is 0 Å². The van der Waals surface area contributed by atoms with Gasteiger partial charge in [0.25, 0.3) is 0 Å². The van der Waals surface area contributed by atoms with Crippen molar-refractivity contribution in [3.63, 3.8) is 0 Å². The van der Waals surface area contributed by atoms with Crippen LogP contribution in [-0.2, 0) is 0 Å². The Morgan fingerprint density at radius 3 is 2.85 bits per heavy atom. The summed E-state index contributed by atoms with van der Waals surface area (Å²) in [6.07, 6.45) is 4.16. The molecule has 2 fully saturated rings. The summed E-state index contributed by atoms with van der Waals surface area (Å²) >= 11 is 2.22. The van der Waals surface area contributed by atoms with Gasteiger partial charge in [0.2, 0.25) is 0 Å². The van der Waals surface area contributed by atoms with Crippen LogP contribution in [0.2, 0.25) is 0 Å². The van der Waals surface area contributed by atoms with E-state index in [4.69, 9.17) is 0 Å². The van der Waals surface area contributed by atoms with Crippen LogP contribution < -0.4 is 5.32 Å². The number of thioether (sulfide) groups is 1. The number of rotatable bonds is 0. The van der Waals surface area contributed by atoms with Gasteiger partial charge in [-0.2, -0.15) is 11.8 Å². The first kappa shape index (κ1) is 9.85. The number of nitrogens with one attached hydrogen (secondary N) is 1. The molecule has 1 heterocycles. The molecule has 0 spiro atoms. The molecule has 2 rings (SSSR count). The Kier molecular flexibility index (Phi) is 2.63. The van der Waals surface area contributed by atoms with Gasteiger partial charge in [-0.1, -0.05) is 20.8 Å². The van der Waals surface area contributed by atoms with Crippen LogP contribution in [0, 0.1) is 5.41 Å². The Morgan fingerprint density at radius 2 is 2.08 bits per heavy atom. The van der Waals surface area contributed by atoms with E-state index >= 15 is 0 Å². The molecule has 1 saturated carbocycles. The van der Waals surface area contributed by atoms with Crippen LogP contribution >= 0.6 is 11.8 Å². The van der Waals surface area contributed by atoms with Crippen LogP contribution in [0.1, 0.15) is 40.0 Å².